The highest BCUT2D eigenvalue weighted by atomic mass is 16.3. The topological polar surface area (TPSA) is 13.1 Å². The Labute approximate surface area is 416 Å². The van der Waals surface area contributed by atoms with Gasteiger partial charge in [-0.15, -0.1) is 0 Å². The first kappa shape index (κ1) is 30.8. The largest absolute Gasteiger partial charge is 0.455 e. The molecule has 0 aliphatic heterocycles. The van der Waals surface area contributed by atoms with Gasteiger partial charge in [0.05, 0.1) is 17.8 Å². The summed E-state index contributed by atoms with van der Waals surface area (Å²) in [6, 6.07) is -0.0370. The van der Waals surface area contributed by atoms with E-state index in [4.69, 9.17) is 7.16 Å². The molecule has 1 aromatic heterocycles. The van der Waals surface area contributed by atoms with Gasteiger partial charge in [0.2, 0.25) is 0 Å². The molecule has 0 atom stereocenters. The maximum atomic E-state index is 10.4. The zero-order valence-electron chi connectivity index (χ0n) is 54.9. The minimum atomic E-state index is -0.847. The van der Waals surface area contributed by atoms with E-state index in [0.717, 1.165) is 72.3 Å². The number of hydrogen-bond donors (Lipinski definition) is 0. The van der Waals surface area contributed by atoms with Crippen molar-refractivity contribution in [1.29, 1.82) is 0 Å². The third-order valence-corrected chi connectivity index (χ3v) is 15.8. The van der Waals surface area contributed by atoms with Crippen LogP contribution in [0.2, 0.25) is 0 Å². The lowest BCUT2D eigenvalue weighted by Crippen LogP contribution is -2.18. The van der Waals surface area contributed by atoms with Crippen molar-refractivity contribution < 1.29 is 22.2 Å². The molecule has 11 rings (SSSR count). The van der Waals surface area contributed by atoms with E-state index in [1.807, 2.05) is 76.2 Å². The van der Waals surface area contributed by atoms with Crippen molar-refractivity contribution in [2.45, 2.75) is 123 Å². The first-order valence-corrected chi connectivity index (χ1v) is 23.4. The molecular formula is C66H64O. The molecule has 0 amide bonds. The average molecular weight is 886 g/mol. The van der Waals surface area contributed by atoms with Gasteiger partial charge in [-0.25, -0.2) is 0 Å². The molecule has 0 N–H and O–H groups in total. The van der Waals surface area contributed by atoms with Crippen molar-refractivity contribution in [2.75, 3.05) is 0 Å². The molecule has 1 heterocycles. The minimum Gasteiger partial charge on any atom is -0.455 e. The highest BCUT2D eigenvalue weighted by Crippen LogP contribution is 2.57. The van der Waals surface area contributed by atoms with Crippen LogP contribution in [0.25, 0.3) is 98.8 Å². The lowest BCUT2D eigenvalue weighted by Gasteiger charge is -2.30. The van der Waals surface area contributed by atoms with Gasteiger partial charge in [-0.1, -0.05) is 103 Å². The summed E-state index contributed by atoms with van der Waals surface area (Å²) in [5.74, 6) is 0. The van der Waals surface area contributed by atoms with Gasteiger partial charge in [0.1, 0.15) is 11.2 Å². The Morgan fingerprint density at radius 3 is 1.52 bits per heavy atom. The van der Waals surface area contributed by atoms with Crippen LogP contribution in [0.3, 0.4) is 0 Å². The molecule has 0 unspecified atom stereocenters. The Hall–Kier alpha value is -6.44. The van der Waals surface area contributed by atoms with Crippen LogP contribution in [0.5, 0.6) is 0 Å². The quantitative estimate of drug-likeness (QED) is 0.161. The third-order valence-electron chi connectivity index (χ3n) is 15.8. The van der Waals surface area contributed by atoms with Crippen LogP contribution in [0.1, 0.15) is 126 Å². The zero-order valence-corrected chi connectivity index (χ0v) is 41.9. The predicted octanol–water partition coefficient (Wildman–Crippen LogP) is 19.0. The summed E-state index contributed by atoms with van der Waals surface area (Å²) in [7, 11) is 0. The van der Waals surface area contributed by atoms with Crippen molar-refractivity contribution in [3.63, 3.8) is 0 Å². The number of fused-ring (bicyclic) bond motifs is 9. The van der Waals surface area contributed by atoms with Crippen LogP contribution in [-0.2, 0) is 5.41 Å². The molecule has 0 radical (unpaired) electrons. The van der Waals surface area contributed by atoms with E-state index in [1.165, 1.54) is 0 Å². The average Bonchev–Trinajstić information content (AvgIpc) is 4.11. The number of benzene rings is 9. The van der Waals surface area contributed by atoms with Gasteiger partial charge in [-0.3, -0.25) is 0 Å². The Morgan fingerprint density at radius 1 is 0.358 bits per heavy atom. The van der Waals surface area contributed by atoms with E-state index in [2.05, 4.69) is 13.8 Å². The van der Waals surface area contributed by atoms with Crippen molar-refractivity contribution >= 4 is 54.3 Å². The smallest absolute Gasteiger partial charge is 0.139 e. The van der Waals surface area contributed by atoms with Crippen molar-refractivity contribution in [2.24, 2.45) is 0 Å². The Morgan fingerprint density at radius 2 is 0.881 bits per heavy atom. The van der Waals surface area contributed by atoms with E-state index in [1.54, 1.807) is 27.7 Å². The van der Waals surface area contributed by atoms with Gasteiger partial charge < -0.3 is 4.42 Å². The van der Waals surface area contributed by atoms with E-state index < -0.39 is 5.41 Å². The lowest BCUT2D eigenvalue weighted by atomic mass is 9.73. The molecule has 1 aliphatic carbocycles. The minimum absolute atomic E-state index is 0.00179. The van der Waals surface area contributed by atoms with Crippen LogP contribution in [-0.4, -0.2) is 0 Å². The van der Waals surface area contributed by atoms with E-state index in [9.17, 15) is 15.1 Å². The first-order chi connectivity index (χ1) is 37.2. The second kappa shape index (κ2) is 14.5. The molecular weight excluding hydrogens is 809 g/mol. The van der Waals surface area contributed by atoms with E-state index in [-0.39, 0.29) is 94.9 Å². The lowest BCUT2D eigenvalue weighted by molar-refractivity contribution is 0.660. The van der Waals surface area contributed by atoms with Crippen LogP contribution >= 0.6 is 0 Å². The van der Waals surface area contributed by atoms with E-state index >= 15 is 0 Å². The second-order valence-corrected chi connectivity index (χ2v) is 20.1. The molecule has 1 heteroatoms. The Bertz CT molecular complexity index is 4580. The Balaban J connectivity index is 1.37. The standard InChI is InChI=1S/C66H64O/c1-31-18-21-46-30-54-62-58(39(9)38(8)44(14)65(62)67-64(54)45(15)49(46)24-31)60-48-23-20-32(2)25-50(48)61(52-28-35(5)34(4)27-51(52)60)57-42(12)40(10)56(41(11)43(57)13)59-37(7)36(6)29-53-47-22-19-33(3)26-55(47)66(16,17)63(53)59/h18-30H,1-17H3/i18D,19D,20D,21D,22D,23D,24D,25D,26D,27D,28D,29D,30D. The summed E-state index contributed by atoms with van der Waals surface area (Å²) < 4.78 is 132. The number of hydrogen-bond acceptors (Lipinski definition) is 1. The monoisotopic (exact) mass is 886 g/mol. The van der Waals surface area contributed by atoms with E-state index in [0.29, 0.717) is 105 Å². The van der Waals surface area contributed by atoms with Crippen LogP contribution in [0, 0.1) is 104 Å². The fraction of sp³-hybridized carbons (Fsp3) is 0.273. The fourth-order valence-corrected chi connectivity index (χ4v) is 11.6. The molecule has 0 bridgehead atoms. The molecule has 0 saturated carbocycles. The summed E-state index contributed by atoms with van der Waals surface area (Å²) in [4.78, 5) is 0. The second-order valence-electron chi connectivity index (χ2n) is 20.1. The first-order valence-electron chi connectivity index (χ1n) is 29.9. The normalized spacial score (nSPS) is 16.0. The summed E-state index contributed by atoms with van der Waals surface area (Å²) in [5, 5.41) is 2.63. The maximum absolute atomic E-state index is 10.4. The Kier molecular flexibility index (Phi) is 6.67. The molecule has 10 aromatic rings. The predicted molar refractivity (Wildman–Crippen MR) is 291 cm³/mol. The number of aryl methyl sites for hydroxylation is 2. The van der Waals surface area contributed by atoms with Gasteiger partial charge in [-0.2, -0.15) is 0 Å². The molecule has 67 heavy (non-hydrogen) atoms. The zero-order chi connectivity index (χ0) is 58.9. The summed E-state index contributed by atoms with van der Waals surface area (Å²) in [6.07, 6.45) is 0. The molecule has 0 fully saturated rings. The van der Waals surface area contributed by atoms with Gasteiger partial charge in [0.15, 0.2) is 0 Å². The van der Waals surface area contributed by atoms with Crippen molar-refractivity contribution in [3.05, 3.63) is 173 Å². The van der Waals surface area contributed by atoms with Gasteiger partial charge >= 0.3 is 0 Å². The summed E-state index contributed by atoms with van der Waals surface area (Å²) in [5.41, 5.74) is 16.3. The maximum Gasteiger partial charge on any atom is 0.139 e. The highest BCUT2D eigenvalue weighted by molar-refractivity contribution is 6.28. The molecule has 0 saturated heterocycles. The van der Waals surface area contributed by atoms with Crippen LogP contribution < -0.4 is 0 Å². The summed E-state index contributed by atoms with van der Waals surface area (Å²) >= 11 is 0. The molecule has 1 aliphatic rings. The number of furan rings is 1. The fourth-order valence-electron chi connectivity index (χ4n) is 11.6. The highest BCUT2D eigenvalue weighted by Gasteiger charge is 2.40. The third kappa shape index (κ3) is 5.79. The van der Waals surface area contributed by atoms with Crippen molar-refractivity contribution in [1.82, 2.24) is 0 Å². The molecule has 1 nitrogen and oxygen atoms in total. The summed E-state index contributed by atoms with van der Waals surface area (Å²) in [6.45, 7) is 32.5. The molecule has 0 spiro atoms. The van der Waals surface area contributed by atoms with Gasteiger partial charge in [-0.05, 0) is 259 Å². The SMILES string of the molecule is [2H]c1c([2H])c2c(c([2H])c1C)C(C)(C)c1c-2c([2H])c(C)c(C)c1-c1c(C)c(C)c(-c2c3c([2H])c(C)c([2H])c([2H])c3c(-c3c(C)c(C)c(C)c4oc5c(C)c6c([2H])c(C)c([2H])c([2H])c6c([2H])c5c34)c3c([2H])c(C)c(C)c([2H])c23)c(C)c1C. The van der Waals surface area contributed by atoms with Crippen LogP contribution in [0.15, 0.2) is 83.0 Å². The molecule has 334 valence electrons. The van der Waals surface area contributed by atoms with Crippen LogP contribution in [0.4, 0.5) is 0 Å². The van der Waals surface area contributed by atoms with Gasteiger partial charge in [0.25, 0.3) is 0 Å². The van der Waals surface area contributed by atoms with Crippen molar-refractivity contribution in [3.8, 4) is 44.5 Å². The molecule has 9 aromatic carbocycles. The number of rotatable bonds is 3. The van der Waals surface area contributed by atoms with Gasteiger partial charge in [0, 0.05) is 21.8 Å².